The lowest BCUT2D eigenvalue weighted by atomic mass is 9.76. The number of carbonyl (C=O) groups is 2. The fourth-order valence-electron chi connectivity index (χ4n) is 5.68. The maximum atomic E-state index is 14.2. The van der Waals surface area contributed by atoms with E-state index in [1.807, 2.05) is 0 Å². The molecule has 1 aromatic heterocycles. The fraction of sp³-hybridized carbons (Fsp3) is 0.385. The molecule has 4 unspecified atom stereocenters. The Morgan fingerprint density at radius 2 is 1.90 bits per heavy atom. The Morgan fingerprint density at radius 3 is 2.61 bits per heavy atom. The van der Waals surface area contributed by atoms with Crippen molar-refractivity contribution in [2.75, 3.05) is 6.26 Å². The first kappa shape index (κ1) is 29.3. The fourth-order valence-corrected chi connectivity index (χ4v) is 7.03. The Hall–Kier alpha value is -3.23. The topological polar surface area (TPSA) is 164 Å². The van der Waals surface area contributed by atoms with Crippen molar-refractivity contribution in [3.05, 3.63) is 85.6 Å². The van der Waals surface area contributed by atoms with E-state index in [0.717, 1.165) is 19.1 Å². The van der Waals surface area contributed by atoms with E-state index >= 15 is 0 Å². The van der Waals surface area contributed by atoms with E-state index in [2.05, 4.69) is 20.4 Å². The molecule has 0 radical (unpaired) electrons. The van der Waals surface area contributed by atoms with E-state index in [4.69, 9.17) is 32.5 Å². The number of nitrogens with one attached hydrogen (secondary N) is 3. The van der Waals surface area contributed by atoms with Crippen molar-refractivity contribution in [3.8, 4) is 0 Å². The van der Waals surface area contributed by atoms with Gasteiger partial charge in [0.25, 0.3) is 11.8 Å². The zero-order valence-corrected chi connectivity index (χ0v) is 24.1. The number of halogens is 2. The Labute approximate surface area is 245 Å². The van der Waals surface area contributed by atoms with Gasteiger partial charge in [0.05, 0.1) is 18.2 Å². The molecule has 2 heterocycles. The lowest BCUT2D eigenvalue weighted by Crippen LogP contribution is -2.59. The lowest BCUT2D eigenvalue weighted by Gasteiger charge is -2.49. The molecule has 2 amide bonds. The maximum absolute atomic E-state index is 14.2. The van der Waals surface area contributed by atoms with Crippen molar-refractivity contribution >= 4 is 45.0 Å². The maximum Gasteiger partial charge on any atom is 0.434 e. The molecule has 218 valence electrons. The molecule has 3 aromatic rings. The molecule has 4 atom stereocenters. The van der Waals surface area contributed by atoms with Crippen LogP contribution in [0.4, 0.5) is 0 Å². The zero-order valence-electron chi connectivity index (χ0n) is 21.8. The standard InChI is InChI=1S/C26H27Cl2N5O7S/c1-41(37,38)32-19-8-4-5-9-20(19)33-23(17-11-10-14(27)12-18(17)28)22(15-6-2-3-7-16(15)25(33)35)24(34)31-39-13-21-29-30-26(36)40-21/h2-3,6-7,10-12,19-20,22-23,32H,4-5,8-9,13H2,1H3,(H,30,36)(H,31,34). The molecule has 5 rings (SSSR count). The summed E-state index contributed by atoms with van der Waals surface area (Å²) in [7, 11) is -3.61. The first-order valence-corrected chi connectivity index (χ1v) is 15.5. The summed E-state index contributed by atoms with van der Waals surface area (Å²) in [5.41, 5.74) is 3.60. The molecule has 41 heavy (non-hydrogen) atoms. The number of nitrogens with zero attached hydrogens (tertiary/aromatic N) is 2. The number of amides is 2. The third kappa shape index (κ3) is 6.33. The number of aromatic nitrogens is 2. The highest BCUT2D eigenvalue weighted by Gasteiger charge is 2.49. The van der Waals surface area contributed by atoms with Crippen LogP contribution in [0, 0.1) is 0 Å². The van der Waals surface area contributed by atoms with Crippen molar-refractivity contribution in [2.24, 2.45) is 0 Å². The van der Waals surface area contributed by atoms with E-state index < -0.39 is 45.7 Å². The van der Waals surface area contributed by atoms with Gasteiger partial charge in [0, 0.05) is 27.7 Å². The average Bonchev–Trinajstić information content (AvgIpc) is 3.33. The summed E-state index contributed by atoms with van der Waals surface area (Å²) >= 11 is 12.9. The Balaban J connectivity index is 1.60. The van der Waals surface area contributed by atoms with E-state index in [9.17, 15) is 22.8 Å². The lowest BCUT2D eigenvalue weighted by molar-refractivity contribution is -0.138. The Kier molecular flexibility index (Phi) is 8.52. The predicted octanol–water partition coefficient (Wildman–Crippen LogP) is 3.06. The monoisotopic (exact) mass is 623 g/mol. The second-order valence-electron chi connectivity index (χ2n) is 10.00. The van der Waals surface area contributed by atoms with Gasteiger partial charge < -0.3 is 9.32 Å². The average molecular weight is 625 g/mol. The van der Waals surface area contributed by atoms with Gasteiger partial charge in [-0.05, 0) is 42.2 Å². The van der Waals surface area contributed by atoms with Gasteiger partial charge in [-0.15, -0.1) is 5.10 Å². The number of benzene rings is 2. The van der Waals surface area contributed by atoms with Gasteiger partial charge in [-0.25, -0.2) is 28.5 Å². The molecule has 3 N–H and O–H groups in total. The van der Waals surface area contributed by atoms with E-state index in [-0.39, 0.29) is 23.4 Å². The number of fused-ring (bicyclic) bond motifs is 1. The smallest absolute Gasteiger partial charge is 0.390 e. The van der Waals surface area contributed by atoms with Crippen molar-refractivity contribution in [1.29, 1.82) is 0 Å². The van der Waals surface area contributed by atoms with Crippen LogP contribution in [0.3, 0.4) is 0 Å². The molecule has 1 aliphatic heterocycles. The molecule has 1 aliphatic carbocycles. The van der Waals surface area contributed by atoms with E-state index in [1.54, 1.807) is 41.3 Å². The van der Waals surface area contributed by atoms with E-state index in [0.29, 0.717) is 34.6 Å². The van der Waals surface area contributed by atoms with Crippen LogP contribution in [0.15, 0.2) is 51.7 Å². The van der Waals surface area contributed by atoms with Crippen LogP contribution >= 0.6 is 23.2 Å². The summed E-state index contributed by atoms with van der Waals surface area (Å²) in [5, 5.41) is 6.35. The molecule has 0 spiro atoms. The summed E-state index contributed by atoms with van der Waals surface area (Å²) in [6, 6.07) is 9.43. The third-order valence-electron chi connectivity index (χ3n) is 7.24. The van der Waals surface area contributed by atoms with Gasteiger partial charge in [0.2, 0.25) is 15.9 Å². The van der Waals surface area contributed by atoms with Gasteiger partial charge in [-0.3, -0.25) is 14.4 Å². The molecule has 12 nitrogen and oxygen atoms in total. The van der Waals surface area contributed by atoms with Crippen molar-refractivity contribution in [2.45, 2.75) is 56.3 Å². The quantitative estimate of drug-likeness (QED) is 0.322. The highest BCUT2D eigenvalue weighted by atomic mass is 35.5. The number of hydroxylamine groups is 1. The van der Waals surface area contributed by atoms with Crippen LogP contribution in [0.5, 0.6) is 0 Å². The van der Waals surface area contributed by atoms with Gasteiger partial charge in [-0.1, -0.05) is 60.3 Å². The second-order valence-corrected chi connectivity index (χ2v) is 12.6. The highest BCUT2D eigenvalue weighted by Crippen LogP contribution is 2.47. The number of sulfonamides is 1. The van der Waals surface area contributed by atoms with E-state index in [1.165, 1.54) is 6.07 Å². The van der Waals surface area contributed by atoms with Crippen molar-refractivity contribution in [1.82, 2.24) is 25.3 Å². The number of aromatic amines is 1. The van der Waals surface area contributed by atoms with Crippen molar-refractivity contribution < 1.29 is 27.3 Å². The molecule has 0 bridgehead atoms. The number of rotatable bonds is 8. The van der Waals surface area contributed by atoms with Crippen LogP contribution in [0.25, 0.3) is 0 Å². The summed E-state index contributed by atoms with van der Waals surface area (Å²) < 4.78 is 32.1. The number of H-pyrrole nitrogens is 1. The molecule has 2 aliphatic rings. The molecule has 15 heteroatoms. The second kappa shape index (κ2) is 11.9. The van der Waals surface area contributed by atoms with Gasteiger partial charge in [0.1, 0.15) is 0 Å². The van der Waals surface area contributed by atoms with Gasteiger partial charge >= 0.3 is 5.76 Å². The SMILES string of the molecule is CS(=O)(=O)NC1CCCCC1N1C(=O)c2ccccc2C(C(=O)NOCc2n[nH]c(=O)o2)C1c1ccc(Cl)cc1Cl. The van der Waals surface area contributed by atoms with Crippen LogP contribution in [-0.4, -0.2) is 53.7 Å². The molecule has 0 saturated heterocycles. The predicted molar refractivity (Wildman–Crippen MR) is 149 cm³/mol. The number of hydrogen-bond acceptors (Lipinski definition) is 8. The Bertz CT molecular complexity index is 1630. The van der Waals surface area contributed by atoms with Crippen LogP contribution in [0.2, 0.25) is 10.0 Å². The van der Waals surface area contributed by atoms with Crippen LogP contribution < -0.4 is 16.0 Å². The third-order valence-corrected chi connectivity index (χ3v) is 8.54. The molecular weight excluding hydrogens is 597 g/mol. The summed E-state index contributed by atoms with van der Waals surface area (Å²) in [6.07, 6.45) is 3.63. The summed E-state index contributed by atoms with van der Waals surface area (Å²) in [5.74, 6) is -2.83. The first-order chi connectivity index (χ1) is 19.5. The summed E-state index contributed by atoms with van der Waals surface area (Å²) in [4.78, 5) is 46.2. The van der Waals surface area contributed by atoms with Crippen molar-refractivity contribution in [3.63, 3.8) is 0 Å². The van der Waals surface area contributed by atoms with Crippen LogP contribution in [0.1, 0.15) is 65.0 Å². The zero-order chi connectivity index (χ0) is 29.3. The molecule has 2 aromatic carbocycles. The Morgan fingerprint density at radius 1 is 1.15 bits per heavy atom. The normalized spacial score (nSPS) is 22.8. The molecular formula is C26H27Cl2N5O7S. The highest BCUT2D eigenvalue weighted by molar-refractivity contribution is 7.88. The van der Waals surface area contributed by atoms with Crippen LogP contribution in [-0.2, 0) is 26.3 Å². The minimum Gasteiger partial charge on any atom is -0.390 e. The summed E-state index contributed by atoms with van der Waals surface area (Å²) in [6.45, 7) is -0.336. The largest absolute Gasteiger partial charge is 0.434 e. The molecule has 1 saturated carbocycles. The number of hydrogen-bond donors (Lipinski definition) is 3. The first-order valence-electron chi connectivity index (χ1n) is 12.8. The van der Waals surface area contributed by atoms with Gasteiger partial charge in [0.15, 0.2) is 6.61 Å². The minimum absolute atomic E-state index is 0.0784. The minimum atomic E-state index is -3.61. The van der Waals surface area contributed by atoms with Gasteiger partial charge in [-0.2, -0.15) is 0 Å². The number of carbonyl (C=O) groups excluding carboxylic acids is 2. The molecule has 1 fully saturated rings.